The van der Waals surface area contributed by atoms with Crippen LogP contribution >= 0.6 is 11.3 Å². The highest BCUT2D eigenvalue weighted by Gasteiger charge is 2.42. The van der Waals surface area contributed by atoms with Crippen LogP contribution in [0.4, 0.5) is 34.3 Å². The molecule has 5 rings (SSSR count). The summed E-state index contributed by atoms with van der Waals surface area (Å²) in [5, 5.41) is 4.95. The van der Waals surface area contributed by atoms with E-state index in [2.05, 4.69) is 19.8 Å². The molecule has 4 heterocycles. The lowest BCUT2D eigenvalue weighted by Crippen LogP contribution is -2.49. The molecule has 1 fully saturated rings. The molecule has 3 aromatic heterocycles. The molecule has 1 aliphatic heterocycles. The van der Waals surface area contributed by atoms with E-state index in [1.807, 2.05) is 19.1 Å². The molecule has 0 unspecified atom stereocenters. The number of aromatic nitrogens is 4. The van der Waals surface area contributed by atoms with Crippen LogP contribution in [0, 0.1) is 5.82 Å². The van der Waals surface area contributed by atoms with Gasteiger partial charge in [-0.1, -0.05) is 18.3 Å². The minimum Gasteiger partial charge on any atom is -0.353 e. The average Bonchev–Trinajstić information content (AvgIpc) is 3.58. The Labute approximate surface area is 249 Å². The number of imidazole rings is 1. The third-order valence-electron chi connectivity index (χ3n) is 7.20. The van der Waals surface area contributed by atoms with E-state index < -0.39 is 22.7 Å². The number of likely N-dealkylation sites (N-methyl/N-ethyl adjacent to an activating group) is 1. The Hall–Kier alpha value is -4.11. The second-order valence-electron chi connectivity index (χ2n) is 10.3. The molecular weight excluding hydrogens is 588 g/mol. The molecule has 0 saturated carbocycles. The van der Waals surface area contributed by atoms with E-state index in [1.54, 1.807) is 35.5 Å². The minimum absolute atomic E-state index is 0.0380. The van der Waals surface area contributed by atoms with Gasteiger partial charge < -0.3 is 14.7 Å². The Kier molecular flexibility index (Phi) is 8.38. The number of Topliss-reactive ketones (excluding diaryl/α,β-unsaturated/α-hetero) is 1. The fraction of sp³-hybridized carbons (Fsp3) is 0.393. The van der Waals surface area contributed by atoms with E-state index in [1.165, 1.54) is 12.1 Å². The number of carbonyl (C=O) groups excluding carboxylic acids is 2. The number of thiazole rings is 1. The van der Waals surface area contributed by atoms with E-state index in [-0.39, 0.29) is 22.3 Å². The quantitative estimate of drug-likeness (QED) is 0.214. The number of halogens is 4. The van der Waals surface area contributed by atoms with Gasteiger partial charge in [-0.25, -0.2) is 14.4 Å². The predicted octanol–water partition coefficient (Wildman–Crippen LogP) is 4.28. The molecule has 0 radical (unpaired) electrons. The number of hydrogen-bond donors (Lipinski definition) is 0. The molecule has 0 aliphatic carbocycles. The second kappa shape index (κ2) is 11.9. The van der Waals surface area contributed by atoms with Crippen molar-refractivity contribution >= 4 is 45.4 Å². The van der Waals surface area contributed by atoms with Crippen LogP contribution in [-0.2, 0) is 11.2 Å². The number of nitrogens with zero attached hydrogens (tertiary/aromatic N) is 8. The topological polar surface area (TPSA) is 90.2 Å². The molecule has 1 amide bonds. The molecule has 43 heavy (non-hydrogen) atoms. The Balaban J connectivity index is 1.49. The van der Waals surface area contributed by atoms with E-state index in [9.17, 15) is 27.2 Å². The first-order valence-electron chi connectivity index (χ1n) is 13.6. The maximum Gasteiger partial charge on any atom is 0.455 e. The summed E-state index contributed by atoms with van der Waals surface area (Å²) in [6.07, 6.45) is -4.61. The number of piperazine rings is 1. The molecule has 1 aromatic carbocycles. The maximum absolute atomic E-state index is 13.6. The number of ketones is 1. The molecule has 0 N–H and O–H groups in total. The number of hydrogen-bond acceptors (Lipinski definition) is 9. The van der Waals surface area contributed by atoms with Crippen molar-refractivity contribution in [2.45, 2.75) is 19.5 Å². The summed E-state index contributed by atoms with van der Waals surface area (Å²) >= 11 is 0.603. The average molecular weight is 619 g/mol. The smallest absolute Gasteiger partial charge is 0.353 e. The van der Waals surface area contributed by atoms with E-state index >= 15 is 0 Å². The number of amides is 1. The highest BCUT2D eigenvalue weighted by atomic mass is 32.1. The summed E-state index contributed by atoms with van der Waals surface area (Å²) in [5.41, 5.74) is 1.19. The first kappa shape index (κ1) is 30.4. The third-order valence-corrected chi connectivity index (χ3v) is 8.33. The zero-order chi connectivity index (χ0) is 31.1. The third kappa shape index (κ3) is 6.18. The lowest BCUT2D eigenvalue weighted by Gasteiger charge is -2.35. The van der Waals surface area contributed by atoms with Crippen LogP contribution in [-0.4, -0.2) is 101 Å². The number of aryl methyl sites for hydroxylation is 1. The standard InChI is InChI=1S/C28H30F4N8O2S/c1-5-19-26(37(4)27-34-23(17-6-8-18(29)9-7-17)24(43-27)25(42)28(30,31)32)40-20(33-19)10-11-21(35-40)39-14-12-38(13-15-39)16-22(41)36(2)3/h6-11H,5,12-16H2,1-4H3. The van der Waals surface area contributed by atoms with Crippen LogP contribution in [0.1, 0.15) is 22.3 Å². The maximum atomic E-state index is 13.6. The van der Waals surface area contributed by atoms with Gasteiger partial charge in [-0.15, -0.1) is 5.10 Å². The van der Waals surface area contributed by atoms with Gasteiger partial charge in [0, 0.05) is 52.9 Å². The lowest BCUT2D eigenvalue weighted by atomic mass is 10.1. The molecule has 1 saturated heterocycles. The van der Waals surface area contributed by atoms with Crippen LogP contribution in [0.5, 0.6) is 0 Å². The largest absolute Gasteiger partial charge is 0.455 e. The van der Waals surface area contributed by atoms with Crippen LogP contribution in [0.2, 0.25) is 0 Å². The van der Waals surface area contributed by atoms with Crippen molar-refractivity contribution in [2.75, 3.05) is 63.7 Å². The van der Waals surface area contributed by atoms with Crippen LogP contribution in [0.15, 0.2) is 36.4 Å². The fourth-order valence-corrected chi connectivity index (χ4v) is 5.81. The summed E-state index contributed by atoms with van der Waals surface area (Å²) in [5.74, 6) is -1.37. The van der Waals surface area contributed by atoms with Crippen molar-refractivity contribution in [3.8, 4) is 11.3 Å². The highest BCUT2D eigenvalue weighted by Crippen LogP contribution is 2.39. The first-order chi connectivity index (χ1) is 20.4. The number of carbonyl (C=O) groups is 2. The van der Waals surface area contributed by atoms with E-state index in [0.717, 1.165) is 12.1 Å². The zero-order valence-corrected chi connectivity index (χ0v) is 24.8. The van der Waals surface area contributed by atoms with Crippen molar-refractivity contribution in [3.05, 3.63) is 52.8 Å². The van der Waals surface area contributed by atoms with Crippen LogP contribution in [0.3, 0.4) is 0 Å². The molecule has 0 atom stereocenters. The highest BCUT2D eigenvalue weighted by molar-refractivity contribution is 7.18. The molecular formula is C28H30F4N8O2S. The monoisotopic (exact) mass is 618 g/mol. The van der Waals surface area contributed by atoms with Gasteiger partial charge in [-0.3, -0.25) is 14.5 Å². The van der Waals surface area contributed by atoms with Crippen molar-refractivity contribution in [1.29, 1.82) is 0 Å². The van der Waals surface area contributed by atoms with Gasteiger partial charge in [0.25, 0.3) is 5.78 Å². The first-order valence-corrected chi connectivity index (χ1v) is 14.4. The van der Waals surface area contributed by atoms with Gasteiger partial charge in [0.05, 0.1) is 17.9 Å². The number of rotatable bonds is 8. The summed E-state index contributed by atoms with van der Waals surface area (Å²) in [6, 6.07) is 8.47. The summed E-state index contributed by atoms with van der Waals surface area (Å²) in [6.45, 7) is 4.90. The number of alkyl halides is 3. The molecule has 10 nitrogen and oxygen atoms in total. The second-order valence-corrected chi connectivity index (χ2v) is 11.3. The molecule has 1 aliphatic rings. The predicted molar refractivity (Wildman–Crippen MR) is 156 cm³/mol. The van der Waals surface area contributed by atoms with Crippen molar-refractivity contribution in [3.63, 3.8) is 0 Å². The van der Waals surface area contributed by atoms with E-state index in [4.69, 9.17) is 5.10 Å². The summed E-state index contributed by atoms with van der Waals surface area (Å²) in [4.78, 5) is 40.4. The van der Waals surface area contributed by atoms with Crippen molar-refractivity contribution in [2.24, 2.45) is 0 Å². The van der Waals surface area contributed by atoms with Crippen molar-refractivity contribution in [1.82, 2.24) is 29.4 Å². The number of fused-ring (bicyclic) bond motifs is 1. The fourth-order valence-electron chi connectivity index (χ4n) is 4.80. The zero-order valence-electron chi connectivity index (χ0n) is 24.0. The van der Waals surface area contributed by atoms with Gasteiger partial charge in [-0.05, 0) is 42.8 Å². The summed E-state index contributed by atoms with van der Waals surface area (Å²) in [7, 11) is 5.09. The normalized spacial score (nSPS) is 14.4. The van der Waals surface area contributed by atoms with Gasteiger partial charge in [0.15, 0.2) is 16.6 Å². The lowest BCUT2D eigenvalue weighted by molar-refractivity contribution is -0.130. The Morgan fingerprint density at radius 3 is 2.26 bits per heavy atom. The number of benzene rings is 1. The van der Waals surface area contributed by atoms with Gasteiger partial charge in [0.2, 0.25) is 5.91 Å². The Morgan fingerprint density at radius 2 is 1.65 bits per heavy atom. The van der Waals surface area contributed by atoms with Gasteiger partial charge >= 0.3 is 6.18 Å². The minimum atomic E-state index is -5.12. The van der Waals surface area contributed by atoms with Gasteiger partial charge in [-0.2, -0.15) is 17.7 Å². The van der Waals surface area contributed by atoms with Crippen LogP contribution < -0.4 is 9.80 Å². The molecule has 0 bridgehead atoms. The molecule has 0 spiro atoms. The van der Waals surface area contributed by atoms with Crippen molar-refractivity contribution < 1.29 is 27.2 Å². The Bertz CT molecular complexity index is 1640. The SMILES string of the molecule is CCc1nc2ccc(N3CCN(CC(=O)N(C)C)CC3)nn2c1N(C)c1nc(-c2ccc(F)cc2)c(C(=O)C(F)(F)F)s1. The van der Waals surface area contributed by atoms with Crippen LogP contribution in [0.25, 0.3) is 16.9 Å². The summed E-state index contributed by atoms with van der Waals surface area (Å²) < 4.78 is 55.8. The van der Waals surface area contributed by atoms with E-state index in [0.29, 0.717) is 73.5 Å². The Morgan fingerprint density at radius 1 is 0.977 bits per heavy atom. The number of anilines is 3. The molecule has 228 valence electrons. The van der Waals surface area contributed by atoms with Gasteiger partial charge in [0.1, 0.15) is 16.5 Å². The molecule has 4 aromatic rings. The molecule has 15 heteroatoms.